The largest absolute Gasteiger partial charge is 0.481 e. The quantitative estimate of drug-likeness (QED) is 0.476. The van der Waals surface area contributed by atoms with Crippen LogP contribution in [0.3, 0.4) is 0 Å². The van der Waals surface area contributed by atoms with Crippen molar-refractivity contribution in [2.75, 3.05) is 0 Å². The Bertz CT molecular complexity index is 111. The third kappa shape index (κ3) is 273. The molecule has 0 aromatic rings. The average Bonchev–Trinajstić information content (AvgIpc) is 1.54. The number of aliphatic carboxylic acids is 3. The smallest absolute Gasteiger partial charge is 0.300 e. The number of hydrogen-bond acceptors (Lipinski definition) is 3. The summed E-state index contributed by atoms with van der Waals surface area (Å²) >= 11 is 0. The summed E-state index contributed by atoms with van der Waals surface area (Å²) in [5.74, 6) is -2.50. The van der Waals surface area contributed by atoms with Gasteiger partial charge in [0, 0.05) is 20.8 Å². The topological polar surface area (TPSA) is 143 Å². The van der Waals surface area contributed by atoms with Crippen LogP contribution in [0.1, 0.15) is 20.8 Å². The van der Waals surface area contributed by atoms with Crippen LogP contribution in [0.25, 0.3) is 0 Å². The lowest BCUT2D eigenvalue weighted by atomic mass is 10.9. The third-order valence-corrected chi connectivity index (χ3v) is 0. The highest BCUT2D eigenvalue weighted by Gasteiger charge is 1.66. The molecule has 0 aromatic heterocycles. The molecule has 7 heteroatoms. The van der Waals surface area contributed by atoms with Gasteiger partial charge in [-0.15, -0.1) is 0 Å². The van der Waals surface area contributed by atoms with Crippen molar-refractivity contribution >= 4 is 17.9 Å². The van der Waals surface area contributed by atoms with Crippen LogP contribution in [0, 0.1) is 0 Å². The SMILES string of the molecule is CC(=O)O.CC(=O)O.CC(=O)O.O. The summed E-state index contributed by atoms with van der Waals surface area (Å²) in [6, 6.07) is 0. The van der Waals surface area contributed by atoms with E-state index in [-0.39, 0.29) is 5.48 Å². The third-order valence-electron chi connectivity index (χ3n) is 0. The molecule has 0 aliphatic carbocycles. The number of rotatable bonds is 0. The second kappa shape index (κ2) is 16.8. The Kier molecular flexibility index (Phi) is 29.0. The first-order chi connectivity index (χ1) is 5.20. The Morgan fingerprint density at radius 2 is 0.692 bits per heavy atom. The van der Waals surface area contributed by atoms with Gasteiger partial charge in [-0.1, -0.05) is 0 Å². The zero-order valence-corrected chi connectivity index (χ0v) is 7.57. The first kappa shape index (κ1) is 22.5. The molecule has 0 saturated heterocycles. The van der Waals surface area contributed by atoms with Gasteiger partial charge in [-0.3, -0.25) is 14.4 Å². The Morgan fingerprint density at radius 1 is 0.692 bits per heavy atom. The molecular weight excluding hydrogens is 184 g/mol. The molecule has 80 valence electrons. The molecule has 0 bridgehead atoms. The van der Waals surface area contributed by atoms with Crippen molar-refractivity contribution in [3.8, 4) is 0 Å². The summed E-state index contributed by atoms with van der Waals surface area (Å²) in [7, 11) is 0. The molecule has 0 fully saturated rings. The minimum Gasteiger partial charge on any atom is -0.481 e. The van der Waals surface area contributed by atoms with Crippen molar-refractivity contribution < 1.29 is 35.2 Å². The van der Waals surface area contributed by atoms with Gasteiger partial charge in [0.05, 0.1) is 0 Å². The molecule has 7 nitrogen and oxygen atoms in total. The van der Waals surface area contributed by atoms with Crippen LogP contribution < -0.4 is 0 Å². The molecule has 0 radical (unpaired) electrons. The van der Waals surface area contributed by atoms with Crippen molar-refractivity contribution in [1.29, 1.82) is 0 Å². The van der Waals surface area contributed by atoms with Gasteiger partial charge in [0.15, 0.2) is 0 Å². The molecule has 0 unspecified atom stereocenters. The van der Waals surface area contributed by atoms with Gasteiger partial charge in [-0.05, 0) is 0 Å². The van der Waals surface area contributed by atoms with E-state index < -0.39 is 17.9 Å². The van der Waals surface area contributed by atoms with Crippen LogP contribution in [-0.2, 0) is 14.4 Å². The number of carbonyl (C=O) groups is 3. The fraction of sp³-hybridized carbons (Fsp3) is 0.500. The standard InChI is InChI=1S/3C2H4O2.H2O/c3*1-2(3)4;/h3*1H3,(H,3,4);1H2. The summed E-state index contributed by atoms with van der Waals surface area (Å²) < 4.78 is 0. The summed E-state index contributed by atoms with van der Waals surface area (Å²) in [6.45, 7) is 3.25. The zero-order valence-electron chi connectivity index (χ0n) is 7.57. The van der Waals surface area contributed by atoms with Gasteiger partial charge >= 0.3 is 0 Å². The van der Waals surface area contributed by atoms with Crippen molar-refractivity contribution in [2.45, 2.75) is 20.8 Å². The van der Waals surface area contributed by atoms with Gasteiger partial charge < -0.3 is 20.8 Å². The maximum absolute atomic E-state index is 9.00. The molecule has 0 aliphatic rings. The fourth-order valence-corrected chi connectivity index (χ4v) is 0. The molecule has 0 atom stereocenters. The Hall–Kier alpha value is -1.63. The van der Waals surface area contributed by atoms with Gasteiger partial charge in [0.2, 0.25) is 0 Å². The molecule has 5 N–H and O–H groups in total. The second-order valence-corrected chi connectivity index (χ2v) is 1.56. The van der Waals surface area contributed by atoms with Crippen LogP contribution >= 0.6 is 0 Å². The summed E-state index contributed by atoms with van der Waals surface area (Å²) in [5.41, 5.74) is 0. The van der Waals surface area contributed by atoms with Crippen molar-refractivity contribution in [3.63, 3.8) is 0 Å². The maximum Gasteiger partial charge on any atom is 0.300 e. The van der Waals surface area contributed by atoms with Crippen LogP contribution in [0.2, 0.25) is 0 Å². The van der Waals surface area contributed by atoms with E-state index in [0.29, 0.717) is 0 Å². The first-order valence-electron chi connectivity index (χ1n) is 2.78. The normalized spacial score (nSPS) is 5.77. The highest BCUT2D eigenvalue weighted by molar-refractivity contribution is 5.63. The Labute approximate surface area is 74.9 Å². The Morgan fingerprint density at radius 3 is 0.692 bits per heavy atom. The van der Waals surface area contributed by atoms with Gasteiger partial charge in [0.1, 0.15) is 0 Å². The van der Waals surface area contributed by atoms with Crippen LogP contribution in [0.5, 0.6) is 0 Å². The highest BCUT2D eigenvalue weighted by atomic mass is 16.4. The Balaban J connectivity index is -0.0000000450. The lowest BCUT2D eigenvalue weighted by molar-refractivity contribution is -0.135. The number of hydrogen-bond donors (Lipinski definition) is 3. The molecule has 0 amide bonds. The molecule has 0 rings (SSSR count). The summed E-state index contributed by atoms with van der Waals surface area (Å²) in [4.78, 5) is 27.0. The van der Waals surface area contributed by atoms with E-state index in [1.165, 1.54) is 0 Å². The molecule has 0 spiro atoms. The fourth-order valence-electron chi connectivity index (χ4n) is 0. The summed E-state index contributed by atoms with van der Waals surface area (Å²) in [6.07, 6.45) is 0. The predicted molar refractivity (Wildman–Crippen MR) is 43.5 cm³/mol. The molecule has 13 heavy (non-hydrogen) atoms. The van der Waals surface area contributed by atoms with E-state index in [9.17, 15) is 0 Å². The minimum atomic E-state index is -0.833. The highest BCUT2D eigenvalue weighted by Crippen LogP contribution is 1.42. The molecule has 0 heterocycles. The van der Waals surface area contributed by atoms with Gasteiger partial charge in [-0.2, -0.15) is 0 Å². The zero-order chi connectivity index (χ0) is 10.7. The lowest BCUT2D eigenvalue weighted by Crippen LogP contribution is -1.78. The van der Waals surface area contributed by atoms with Gasteiger partial charge in [0.25, 0.3) is 17.9 Å². The molecule has 0 aromatic carbocycles. The number of carboxylic acid groups (broad SMARTS) is 3. The second-order valence-electron chi connectivity index (χ2n) is 1.56. The maximum atomic E-state index is 9.00. The monoisotopic (exact) mass is 198 g/mol. The molecular formula is C6H14O7. The first-order valence-corrected chi connectivity index (χ1v) is 2.78. The predicted octanol–water partition coefficient (Wildman–Crippen LogP) is -0.552. The number of carboxylic acids is 3. The molecule has 0 saturated carbocycles. The van der Waals surface area contributed by atoms with Gasteiger partial charge in [-0.25, -0.2) is 0 Å². The minimum absolute atomic E-state index is 0. The van der Waals surface area contributed by atoms with E-state index >= 15 is 0 Å². The van der Waals surface area contributed by atoms with E-state index in [1.807, 2.05) is 0 Å². The van der Waals surface area contributed by atoms with Crippen LogP contribution in [0.4, 0.5) is 0 Å². The molecule has 0 aliphatic heterocycles. The van der Waals surface area contributed by atoms with E-state index in [1.54, 1.807) is 0 Å². The van der Waals surface area contributed by atoms with E-state index in [4.69, 9.17) is 29.7 Å². The lowest BCUT2D eigenvalue weighted by Gasteiger charge is -1.59. The van der Waals surface area contributed by atoms with Crippen LogP contribution in [0.15, 0.2) is 0 Å². The average molecular weight is 198 g/mol. The van der Waals surface area contributed by atoms with Crippen molar-refractivity contribution in [2.24, 2.45) is 0 Å². The van der Waals surface area contributed by atoms with E-state index in [2.05, 4.69) is 0 Å². The van der Waals surface area contributed by atoms with Crippen molar-refractivity contribution in [1.82, 2.24) is 0 Å². The van der Waals surface area contributed by atoms with Crippen LogP contribution in [-0.4, -0.2) is 38.7 Å². The summed E-state index contributed by atoms with van der Waals surface area (Å²) in [5, 5.41) is 22.2. The van der Waals surface area contributed by atoms with Crippen molar-refractivity contribution in [3.05, 3.63) is 0 Å². The van der Waals surface area contributed by atoms with E-state index in [0.717, 1.165) is 20.8 Å².